The van der Waals surface area contributed by atoms with E-state index in [1.807, 2.05) is 24.0 Å². The first-order chi connectivity index (χ1) is 8.70. The molecule has 0 unspecified atom stereocenters. The van der Waals surface area contributed by atoms with Gasteiger partial charge in [-0.15, -0.1) is 0 Å². The van der Waals surface area contributed by atoms with Crippen LogP contribution in [0.5, 0.6) is 0 Å². The molecule has 0 aromatic carbocycles. The predicted molar refractivity (Wildman–Crippen MR) is 73.4 cm³/mol. The average Bonchev–Trinajstić information content (AvgIpc) is 2.89. The molecule has 2 aromatic heterocycles. The van der Waals surface area contributed by atoms with Gasteiger partial charge in [-0.2, -0.15) is 0 Å². The fourth-order valence-electron chi connectivity index (χ4n) is 1.55. The van der Waals surface area contributed by atoms with Gasteiger partial charge in [0.1, 0.15) is 16.4 Å². The van der Waals surface area contributed by atoms with E-state index in [1.54, 1.807) is 18.5 Å². The van der Waals surface area contributed by atoms with Crippen LogP contribution >= 0.6 is 12.2 Å². The molecule has 0 spiro atoms. The van der Waals surface area contributed by atoms with E-state index in [-0.39, 0.29) is 4.99 Å². The molecule has 0 aliphatic heterocycles. The highest BCUT2D eigenvalue weighted by Crippen LogP contribution is 2.12. The predicted octanol–water partition coefficient (Wildman–Crippen LogP) is 1.73. The number of rotatable bonds is 5. The van der Waals surface area contributed by atoms with Gasteiger partial charge in [0.05, 0.1) is 12.8 Å². The first-order valence-electron chi connectivity index (χ1n) is 5.61. The van der Waals surface area contributed by atoms with Gasteiger partial charge in [0.15, 0.2) is 0 Å². The molecular weight excluding hydrogens is 248 g/mol. The van der Waals surface area contributed by atoms with Crippen molar-refractivity contribution in [2.24, 2.45) is 5.73 Å². The Bertz CT molecular complexity index is 527. The summed E-state index contributed by atoms with van der Waals surface area (Å²) in [6.07, 6.45) is 3.30. The standard InChI is InChI=1S/C12H14N4OS/c1-2-16(8-9-4-3-7-17-9)12-14-6-5-10(15-12)11(13)18/h3-7H,2,8H2,1H3,(H2,13,18). The van der Waals surface area contributed by atoms with Crippen molar-refractivity contribution in [1.29, 1.82) is 0 Å². The molecule has 94 valence electrons. The number of aromatic nitrogens is 2. The van der Waals surface area contributed by atoms with Crippen LogP contribution in [0, 0.1) is 0 Å². The quantitative estimate of drug-likeness (QED) is 0.828. The maximum atomic E-state index is 5.56. The molecule has 5 nitrogen and oxygen atoms in total. The van der Waals surface area contributed by atoms with Gasteiger partial charge in [0.2, 0.25) is 5.95 Å². The molecule has 2 rings (SSSR count). The van der Waals surface area contributed by atoms with Gasteiger partial charge in [-0.25, -0.2) is 9.97 Å². The van der Waals surface area contributed by atoms with E-state index in [0.717, 1.165) is 12.3 Å². The van der Waals surface area contributed by atoms with Crippen LogP contribution < -0.4 is 10.6 Å². The summed E-state index contributed by atoms with van der Waals surface area (Å²) < 4.78 is 5.32. The van der Waals surface area contributed by atoms with Crippen LogP contribution in [0.1, 0.15) is 18.4 Å². The number of furan rings is 1. The third-order valence-electron chi connectivity index (χ3n) is 2.49. The average molecular weight is 262 g/mol. The number of nitrogens with zero attached hydrogens (tertiary/aromatic N) is 3. The molecule has 0 saturated carbocycles. The molecule has 0 bridgehead atoms. The zero-order valence-electron chi connectivity index (χ0n) is 10.0. The van der Waals surface area contributed by atoms with E-state index in [0.29, 0.717) is 18.2 Å². The molecule has 2 heterocycles. The molecule has 2 aromatic rings. The van der Waals surface area contributed by atoms with Crippen LogP contribution in [0.25, 0.3) is 0 Å². The molecule has 2 N–H and O–H groups in total. The smallest absolute Gasteiger partial charge is 0.226 e. The van der Waals surface area contributed by atoms with Gasteiger partial charge < -0.3 is 15.1 Å². The Balaban J connectivity index is 2.21. The maximum absolute atomic E-state index is 5.56. The Morgan fingerprint density at radius 1 is 1.50 bits per heavy atom. The Hall–Kier alpha value is -1.95. The van der Waals surface area contributed by atoms with E-state index >= 15 is 0 Å². The van der Waals surface area contributed by atoms with Crippen molar-refractivity contribution in [2.45, 2.75) is 13.5 Å². The molecule has 0 atom stereocenters. The monoisotopic (exact) mass is 262 g/mol. The second kappa shape index (κ2) is 5.59. The Morgan fingerprint density at radius 2 is 2.33 bits per heavy atom. The summed E-state index contributed by atoms with van der Waals surface area (Å²) in [5.74, 6) is 1.46. The highest BCUT2D eigenvalue weighted by atomic mass is 32.1. The maximum Gasteiger partial charge on any atom is 0.226 e. The molecule has 0 radical (unpaired) electrons. The van der Waals surface area contributed by atoms with E-state index in [2.05, 4.69) is 9.97 Å². The second-order valence-electron chi connectivity index (χ2n) is 3.70. The van der Waals surface area contributed by atoms with Gasteiger partial charge in [0.25, 0.3) is 0 Å². The highest BCUT2D eigenvalue weighted by Gasteiger charge is 2.11. The lowest BCUT2D eigenvalue weighted by Gasteiger charge is -2.19. The molecule has 0 aliphatic carbocycles. The lowest BCUT2D eigenvalue weighted by atomic mass is 10.4. The van der Waals surface area contributed by atoms with Crippen molar-refractivity contribution in [3.05, 3.63) is 42.1 Å². The first-order valence-corrected chi connectivity index (χ1v) is 6.01. The van der Waals surface area contributed by atoms with Crippen LogP contribution in [0.2, 0.25) is 0 Å². The van der Waals surface area contributed by atoms with E-state index in [9.17, 15) is 0 Å². The molecule has 0 fully saturated rings. The summed E-state index contributed by atoms with van der Waals surface area (Å²) in [6, 6.07) is 5.47. The minimum absolute atomic E-state index is 0.271. The van der Waals surface area contributed by atoms with Crippen molar-refractivity contribution in [1.82, 2.24) is 9.97 Å². The van der Waals surface area contributed by atoms with Crippen LogP contribution in [0.4, 0.5) is 5.95 Å². The minimum Gasteiger partial charge on any atom is -0.467 e. The van der Waals surface area contributed by atoms with Crippen molar-refractivity contribution in [2.75, 3.05) is 11.4 Å². The summed E-state index contributed by atoms with van der Waals surface area (Å²) >= 11 is 4.91. The van der Waals surface area contributed by atoms with Gasteiger partial charge in [0, 0.05) is 12.7 Å². The summed E-state index contributed by atoms with van der Waals surface area (Å²) in [7, 11) is 0. The third kappa shape index (κ3) is 2.84. The van der Waals surface area contributed by atoms with Crippen molar-refractivity contribution in [3.63, 3.8) is 0 Å². The van der Waals surface area contributed by atoms with Crippen LogP contribution in [-0.2, 0) is 6.54 Å². The summed E-state index contributed by atoms with van der Waals surface area (Å²) in [4.78, 5) is 10.8. The van der Waals surface area contributed by atoms with Crippen molar-refractivity contribution < 1.29 is 4.42 Å². The topological polar surface area (TPSA) is 68.2 Å². The van der Waals surface area contributed by atoms with Crippen molar-refractivity contribution >= 4 is 23.2 Å². The number of hydrogen-bond donors (Lipinski definition) is 1. The lowest BCUT2D eigenvalue weighted by Crippen LogP contribution is -2.25. The van der Waals surface area contributed by atoms with Crippen LogP contribution in [0.15, 0.2) is 35.1 Å². The van der Waals surface area contributed by atoms with E-state index in [1.165, 1.54) is 0 Å². The normalized spacial score (nSPS) is 10.3. The molecule has 18 heavy (non-hydrogen) atoms. The Labute approximate surface area is 111 Å². The number of thiocarbonyl (C=S) groups is 1. The summed E-state index contributed by atoms with van der Waals surface area (Å²) in [5, 5.41) is 0. The van der Waals surface area contributed by atoms with Gasteiger partial charge in [-0.1, -0.05) is 12.2 Å². The third-order valence-corrected chi connectivity index (χ3v) is 2.70. The molecule has 0 amide bonds. The molecular formula is C12H14N4OS. The fraction of sp³-hybridized carbons (Fsp3) is 0.250. The second-order valence-corrected chi connectivity index (χ2v) is 4.14. The largest absolute Gasteiger partial charge is 0.467 e. The Morgan fingerprint density at radius 3 is 2.94 bits per heavy atom. The number of hydrogen-bond acceptors (Lipinski definition) is 5. The van der Waals surface area contributed by atoms with E-state index in [4.69, 9.17) is 22.4 Å². The van der Waals surface area contributed by atoms with Gasteiger partial charge >= 0.3 is 0 Å². The van der Waals surface area contributed by atoms with E-state index < -0.39 is 0 Å². The highest BCUT2D eigenvalue weighted by molar-refractivity contribution is 7.80. The SMILES string of the molecule is CCN(Cc1ccco1)c1nccc(C(N)=S)n1. The summed E-state index contributed by atoms with van der Waals surface area (Å²) in [6.45, 7) is 3.41. The zero-order valence-corrected chi connectivity index (χ0v) is 10.9. The summed E-state index contributed by atoms with van der Waals surface area (Å²) in [5.41, 5.74) is 6.14. The molecule has 0 aliphatic rings. The number of nitrogens with two attached hydrogens (primary N) is 1. The fourth-order valence-corrected chi connectivity index (χ4v) is 1.67. The minimum atomic E-state index is 0.271. The Kier molecular flexibility index (Phi) is 3.88. The molecule has 0 saturated heterocycles. The van der Waals surface area contributed by atoms with Gasteiger partial charge in [-0.05, 0) is 25.1 Å². The van der Waals surface area contributed by atoms with Gasteiger partial charge in [-0.3, -0.25) is 0 Å². The van der Waals surface area contributed by atoms with Crippen molar-refractivity contribution in [3.8, 4) is 0 Å². The van der Waals surface area contributed by atoms with Crippen LogP contribution in [0.3, 0.4) is 0 Å². The number of anilines is 1. The lowest BCUT2D eigenvalue weighted by molar-refractivity contribution is 0.502. The first kappa shape index (κ1) is 12.5. The van der Waals surface area contributed by atoms with Crippen LogP contribution in [-0.4, -0.2) is 21.5 Å². The molecule has 6 heteroatoms. The zero-order chi connectivity index (χ0) is 13.0.